The highest BCUT2D eigenvalue weighted by Gasteiger charge is 2.57. The molecule has 3 aromatic carbocycles. The number of ether oxygens (including phenoxy) is 2. The Morgan fingerprint density at radius 2 is 1.76 bits per heavy atom. The maximum atomic E-state index is 14.4. The monoisotopic (exact) mass is 704 g/mol. The molecule has 4 unspecified atom stereocenters. The normalized spacial score (nSPS) is 23.6. The first kappa shape index (κ1) is 38.1. The molecule has 3 N–H and O–H groups in total. The fourth-order valence-corrected chi connectivity index (χ4v) is 7.83. The van der Waals surface area contributed by atoms with Gasteiger partial charge in [-0.3, -0.25) is 4.79 Å². The number of fused-ring (bicyclic) bond motifs is 8. The molecule has 4 atom stereocenters. The van der Waals surface area contributed by atoms with Gasteiger partial charge in [-0.15, -0.1) is 0 Å². The van der Waals surface area contributed by atoms with E-state index in [0.717, 1.165) is 23.3 Å². The van der Waals surface area contributed by atoms with Gasteiger partial charge in [0, 0.05) is 42.5 Å². The van der Waals surface area contributed by atoms with E-state index in [4.69, 9.17) is 9.47 Å². The lowest BCUT2D eigenvalue weighted by Crippen LogP contribution is -2.54. The number of aliphatic hydroxyl groups is 2. The number of nitrogens with zero attached hydrogens (tertiary/aromatic N) is 1. The van der Waals surface area contributed by atoms with Crippen LogP contribution in [0.2, 0.25) is 0 Å². The topological polar surface area (TPSA) is 108 Å². The number of urea groups is 1. The lowest BCUT2D eigenvalue weighted by molar-refractivity contribution is -0.0767. The largest absolute Gasteiger partial charge is 0.497 e. The molecule has 6 rings (SSSR count). The van der Waals surface area contributed by atoms with Crippen LogP contribution in [0.15, 0.2) is 72.3 Å². The van der Waals surface area contributed by atoms with Crippen LogP contribution in [-0.4, -0.2) is 72.5 Å². The summed E-state index contributed by atoms with van der Waals surface area (Å²) in [7, 11) is 3.18. The predicted molar refractivity (Wildman–Crippen MR) is 193 cm³/mol. The zero-order valence-corrected chi connectivity index (χ0v) is 30.0. The second-order valence-corrected chi connectivity index (χ2v) is 14.3. The van der Waals surface area contributed by atoms with Gasteiger partial charge in [-0.2, -0.15) is 0 Å². The Morgan fingerprint density at radius 1 is 1.00 bits per heavy atom. The smallest absolute Gasteiger partial charge is 0.321 e. The molecule has 0 aliphatic heterocycles. The number of allylic oxidation sites excluding steroid dienone is 2. The second-order valence-electron chi connectivity index (χ2n) is 14.3. The van der Waals surface area contributed by atoms with E-state index in [1.54, 1.807) is 49.5 Å². The Morgan fingerprint density at radius 3 is 2.47 bits per heavy atom. The number of amides is 2. The number of methoxy groups -OCH3 is 2. The summed E-state index contributed by atoms with van der Waals surface area (Å²) in [5.74, 6) is -2.26. The van der Waals surface area contributed by atoms with Gasteiger partial charge in [-0.1, -0.05) is 30.7 Å². The molecule has 3 aliphatic rings. The number of anilines is 1. The lowest BCUT2D eigenvalue weighted by Gasteiger charge is -2.46. The fourth-order valence-electron chi connectivity index (χ4n) is 7.83. The van der Waals surface area contributed by atoms with Gasteiger partial charge in [-0.25, -0.2) is 13.6 Å². The van der Waals surface area contributed by atoms with Crippen LogP contribution in [0.1, 0.15) is 91.8 Å². The van der Waals surface area contributed by atoms with Crippen molar-refractivity contribution < 1.29 is 38.1 Å². The summed E-state index contributed by atoms with van der Waals surface area (Å²) in [5.41, 5.74) is 1.39. The van der Waals surface area contributed by atoms with Crippen LogP contribution in [0.4, 0.5) is 19.3 Å². The SMILES string of the molecule is COCCCN(CC1(O)CCC2c3ccc(cc3C(=O)c3ccc(F)c(F)c3)CC(O)CCC(C)=CCCC21C)C(=O)Nc1ccc(OC)cc1. The number of hydrogen-bond acceptors (Lipinski definition) is 6. The van der Waals surface area contributed by atoms with E-state index in [1.165, 1.54) is 6.07 Å². The van der Waals surface area contributed by atoms with E-state index < -0.39 is 34.5 Å². The van der Waals surface area contributed by atoms with Crippen molar-refractivity contribution in [2.75, 3.05) is 39.2 Å². The van der Waals surface area contributed by atoms with Crippen molar-refractivity contribution in [1.82, 2.24) is 4.90 Å². The molecule has 0 saturated heterocycles. The van der Waals surface area contributed by atoms with Crippen LogP contribution >= 0.6 is 0 Å². The first-order valence-corrected chi connectivity index (χ1v) is 17.7. The standard InChI is InChI=1S/C41H50F2N2O6/c1-27-7-5-19-40(2)35(18-20-41(40,49)26-45(21-6-22-50-3)39(48)44-30-11-14-32(51-4)15-12-30)33-16-9-28(23-31(46)13-8-27)24-34(33)38(47)29-10-17-36(42)37(43)25-29/h7,9-12,14-17,24-25,31,35,46,49H,5-6,8,13,18-23,26H2,1-4H3,(H,44,48). The summed E-state index contributed by atoms with van der Waals surface area (Å²) < 4.78 is 38.8. The summed E-state index contributed by atoms with van der Waals surface area (Å²) in [6, 6.07) is 15.4. The average Bonchev–Trinajstić information content (AvgIpc) is 3.36. The number of hydrogen-bond donors (Lipinski definition) is 3. The summed E-state index contributed by atoms with van der Waals surface area (Å²) in [5, 5.41) is 26.7. The molecule has 0 spiro atoms. The van der Waals surface area contributed by atoms with Crippen molar-refractivity contribution in [1.29, 1.82) is 0 Å². The van der Waals surface area contributed by atoms with Gasteiger partial charge >= 0.3 is 6.03 Å². The molecule has 51 heavy (non-hydrogen) atoms. The van der Waals surface area contributed by atoms with Crippen molar-refractivity contribution in [3.8, 4) is 5.75 Å². The molecule has 10 heteroatoms. The Kier molecular flexibility index (Phi) is 12.3. The van der Waals surface area contributed by atoms with Crippen molar-refractivity contribution in [3.05, 3.63) is 106 Å². The molecular formula is C41H50F2N2O6. The number of ketones is 1. The number of nitrogens with one attached hydrogen (secondary N) is 1. The molecule has 8 nitrogen and oxygen atoms in total. The van der Waals surface area contributed by atoms with Crippen LogP contribution < -0.4 is 10.1 Å². The van der Waals surface area contributed by atoms with Crippen molar-refractivity contribution in [3.63, 3.8) is 0 Å². The fraction of sp³-hybridized carbons (Fsp3) is 0.463. The molecular weight excluding hydrogens is 654 g/mol. The molecule has 3 aliphatic carbocycles. The highest BCUT2D eigenvalue weighted by Crippen LogP contribution is 2.59. The number of carbonyl (C=O) groups excluding carboxylic acids is 2. The number of carbonyl (C=O) groups is 2. The van der Waals surface area contributed by atoms with Gasteiger partial charge in [0.1, 0.15) is 5.75 Å². The van der Waals surface area contributed by atoms with E-state index in [2.05, 4.69) is 11.4 Å². The van der Waals surface area contributed by atoms with Crippen LogP contribution in [0.25, 0.3) is 0 Å². The zero-order valence-electron chi connectivity index (χ0n) is 30.0. The minimum atomic E-state index is -1.35. The number of halogens is 2. The van der Waals surface area contributed by atoms with Crippen LogP contribution in [0.5, 0.6) is 5.75 Å². The third-order valence-electron chi connectivity index (χ3n) is 11.0. The summed E-state index contributed by atoms with van der Waals surface area (Å²) >= 11 is 0. The Hall–Kier alpha value is -4.12. The summed E-state index contributed by atoms with van der Waals surface area (Å²) in [4.78, 5) is 29.6. The van der Waals surface area contributed by atoms with Gasteiger partial charge in [-0.05, 0) is 124 Å². The number of rotatable bonds is 10. The molecule has 2 bridgehead atoms. The Balaban J connectivity index is 1.55. The first-order valence-electron chi connectivity index (χ1n) is 17.7. The van der Waals surface area contributed by atoms with Crippen LogP contribution in [0, 0.1) is 17.0 Å². The van der Waals surface area contributed by atoms with Crippen LogP contribution in [0.3, 0.4) is 0 Å². The number of aliphatic hydroxyl groups excluding tert-OH is 1. The Labute approximate surface area is 299 Å². The van der Waals surface area contributed by atoms with E-state index in [0.29, 0.717) is 87.1 Å². The van der Waals surface area contributed by atoms with E-state index in [1.807, 2.05) is 26.0 Å². The van der Waals surface area contributed by atoms with E-state index in [9.17, 15) is 28.6 Å². The van der Waals surface area contributed by atoms with Gasteiger partial charge in [0.05, 0.1) is 25.4 Å². The third-order valence-corrected chi connectivity index (χ3v) is 11.0. The van der Waals surface area contributed by atoms with Crippen molar-refractivity contribution in [2.45, 2.75) is 82.8 Å². The number of benzene rings is 3. The van der Waals surface area contributed by atoms with E-state index in [-0.39, 0.29) is 24.1 Å². The quantitative estimate of drug-likeness (QED) is 0.113. The molecule has 0 heterocycles. The first-order chi connectivity index (χ1) is 24.4. The van der Waals surface area contributed by atoms with E-state index >= 15 is 0 Å². The van der Waals surface area contributed by atoms with Crippen LogP contribution in [-0.2, 0) is 11.2 Å². The van der Waals surface area contributed by atoms with Gasteiger partial charge < -0.3 is 29.9 Å². The zero-order chi connectivity index (χ0) is 36.8. The lowest BCUT2D eigenvalue weighted by atomic mass is 9.64. The maximum absolute atomic E-state index is 14.4. The van der Waals surface area contributed by atoms with Gasteiger partial charge in [0.2, 0.25) is 0 Å². The minimum absolute atomic E-state index is 0.0157. The highest BCUT2D eigenvalue weighted by molar-refractivity contribution is 6.10. The summed E-state index contributed by atoms with van der Waals surface area (Å²) in [6.07, 6.45) is 5.76. The highest BCUT2D eigenvalue weighted by atomic mass is 19.2. The molecule has 1 fully saturated rings. The second kappa shape index (κ2) is 16.5. The third kappa shape index (κ3) is 8.68. The maximum Gasteiger partial charge on any atom is 0.321 e. The molecule has 3 aromatic rings. The predicted octanol–water partition coefficient (Wildman–Crippen LogP) is 7.81. The molecule has 0 aromatic heterocycles. The summed E-state index contributed by atoms with van der Waals surface area (Å²) in [6.45, 7) is 4.91. The minimum Gasteiger partial charge on any atom is -0.497 e. The Bertz CT molecular complexity index is 1730. The van der Waals surface area contributed by atoms with Gasteiger partial charge in [0.25, 0.3) is 0 Å². The average molecular weight is 705 g/mol. The molecule has 0 radical (unpaired) electrons. The van der Waals surface area contributed by atoms with Crippen molar-refractivity contribution >= 4 is 17.5 Å². The molecule has 274 valence electrons. The molecule has 1 saturated carbocycles. The van der Waals surface area contributed by atoms with Gasteiger partial charge in [0.15, 0.2) is 17.4 Å². The van der Waals surface area contributed by atoms with Crippen molar-refractivity contribution in [2.24, 2.45) is 5.41 Å². The molecule has 2 amide bonds.